The first kappa shape index (κ1) is 55.1. The molecule has 0 bridgehead atoms. The van der Waals surface area contributed by atoms with Gasteiger partial charge in [-0.15, -0.1) is 0 Å². The van der Waals surface area contributed by atoms with Gasteiger partial charge in [0.25, 0.3) is 0 Å². The summed E-state index contributed by atoms with van der Waals surface area (Å²) in [7, 11) is -26.2. The van der Waals surface area contributed by atoms with E-state index in [0.29, 0.717) is 0 Å². The Morgan fingerprint density at radius 3 is 0.361 bits per heavy atom. The molecule has 0 saturated carbocycles. The van der Waals surface area contributed by atoms with Gasteiger partial charge in [-0.05, 0) is 0 Å². The minimum atomic E-state index is -9.33. The van der Waals surface area contributed by atoms with E-state index in [1.807, 2.05) is 0 Å². The quantitative estimate of drug-likeness (QED) is 0.0344. The van der Waals surface area contributed by atoms with E-state index in [4.69, 9.17) is 0 Å². The first-order valence-electron chi connectivity index (χ1n) is 17.2. The van der Waals surface area contributed by atoms with Gasteiger partial charge in [-0.3, -0.25) is 4.57 Å². The number of halogens is 30. The van der Waals surface area contributed by atoms with Gasteiger partial charge in [0.2, 0.25) is 34.9 Å². The molecule has 6 aromatic carbocycles. The lowest BCUT2D eigenvalue weighted by atomic mass is 10.3. The SMILES string of the molecule is O=[PH](O[Si](c1c(F)c(F)c(F)c(F)c1F)(c1c(F)c(F)c(F)c(F)c1F)c1c(F)c(F)c(F)c(F)c1F)O[Si](c1c(F)c(F)c(F)c(F)c1F)(c1c(F)c(F)c(F)c(F)c1F)c1c(F)c(F)c(F)c(F)c1F. The van der Waals surface area contributed by atoms with Crippen LogP contribution in [0.4, 0.5) is 132 Å². The average Bonchev–Trinajstić information content (AvgIpc) is 3.33. The maximum atomic E-state index is 16.1. The Balaban J connectivity index is 2.02. The Hall–Kier alpha value is -6.20. The van der Waals surface area contributed by atoms with Crippen LogP contribution in [0.1, 0.15) is 0 Å². The number of rotatable bonds is 10. The Morgan fingerprint density at radius 1 is 0.181 bits per heavy atom. The molecule has 0 aromatic heterocycles. The summed E-state index contributed by atoms with van der Waals surface area (Å²) in [6.45, 7) is 0. The molecular formula is C36HF30O3PSi2. The van der Waals surface area contributed by atoms with Gasteiger partial charge < -0.3 is 8.43 Å². The van der Waals surface area contributed by atoms with Gasteiger partial charge in [0.15, 0.2) is 140 Å². The molecule has 72 heavy (non-hydrogen) atoms. The van der Waals surface area contributed by atoms with Gasteiger partial charge in [0.1, 0.15) is 0 Å². The number of hydrogen-bond donors (Lipinski definition) is 0. The van der Waals surface area contributed by atoms with Crippen molar-refractivity contribution in [3.8, 4) is 0 Å². The maximum Gasteiger partial charge on any atom is 0.316 e. The molecule has 0 aliphatic rings. The van der Waals surface area contributed by atoms with Gasteiger partial charge in [-0.25, -0.2) is 132 Å². The molecule has 6 rings (SSSR count). The zero-order valence-corrected chi connectivity index (χ0v) is 35.1. The fourth-order valence-corrected chi connectivity index (χ4v) is 18.3. The van der Waals surface area contributed by atoms with Crippen molar-refractivity contribution in [2.75, 3.05) is 0 Å². The Morgan fingerprint density at radius 2 is 0.264 bits per heavy atom. The molecule has 36 heteroatoms. The van der Waals surface area contributed by atoms with Crippen LogP contribution in [0.5, 0.6) is 0 Å². The molecule has 0 fully saturated rings. The lowest BCUT2D eigenvalue weighted by Gasteiger charge is -2.37. The second kappa shape index (κ2) is 18.7. The fourth-order valence-electron chi connectivity index (χ4n) is 6.81. The monoisotopic (exact) mass is 1140 g/mol. The summed E-state index contributed by atoms with van der Waals surface area (Å²) in [5.74, 6) is -117. The van der Waals surface area contributed by atoms with Gasteiger partial charge in [0, 0.05) is 0 Å². The second-order valence-electron chi connectivity index (χ2n) is 13.5. The van der Waals surface area contributed by atoms with Crippen LogP contribution in [-0.4, -0.2) is 16.6 Å². The topological polar surface area (TPSA) is 35.5 Å². The minimum absolute atomic E-state index is 3.63. The van der Waals surface area contributed by atoms with Crippen molar-refractivity contribution in [3.05, 3.63) is 175 Å². The maximum absolute atomic E-state index is 16.1. The van der Waals surface area contributed by atoms with Crippen molar-refractivity contribution < 1.29 is 145 Å². The number of benzene rings is 6. The first-order chi connectivity index (χ1) is 33.2. The molecule has 0 atom stereocenters. The molecule has 0 saturated heterocycles. The van der Waals surface area contributed by atoms with Crippen LogP contribution < -0.4 is 31.1 Å². The van der Waals surface area contributed by atoms with Crippen molar-refractivity contribution >= 4 is 56.0 Å². The van der Waals surface area contributed by atoms with E-state index >= 15 is 105 Å². The highest BCUT2D eigenvalue weighted by Crippen LogP contribution is 2.40. The highest BCUT2D eigenvalue weighted by molar-refractivity contribution is 7.42. The summed E-state index contributed by atoms with van der Waals surface area (Å²) >= 11 is 0. The van der Waals surface area contributed by atoms with Crippen molar-refractivity contribution in [2.45, 2.75) is 0 Å². The summed E-state index contributed by atoms with van der Waals surface area (Å²) in [5.41, 5.74) is 0. The highest BCUT2D eigenvalue weighted by Gasteiger charge is 2.63. The highest BCUT2D eigenvalue weighted by atomic mass is 31.1. The van der Waals surface area contributed by atoms with Crippen molar-refractivity contribution in [3.63, 3.8) is 0 Å². The lowest BCUT2D eigenvalue weighted by molar-refractivity contribution is 0.367. The van der Waals surface area contributed by atoms with Crippen LogP contribution in [0.2, 0.25) is 0 Å². The van der Waals surface area contributed by atoms with E-state index in [-0.39, 0.29) is 0 Å². The third-order valence-corrected chi connectivity index (χ3v) is 20.5. The van der Waals surface area contributed by atoms with E-state index in [1.54, 1.807) is 0 Å². The molecule has 0 amide bonds. The molecule has 0 spiro atoms. The predicted molar refractivity (Wildman–Crippen MR) is 178 cm³/mol. The van der Waals surface area contributed by atoms with Crippen LogP contribution in [0.3, 0.4) is 0 Å². The Bertz CT molecular complexity index is 2700. The van der Waals surface area contributed by atoms with E-state index in [2.05, 4.69) is 8.43 Å². The molecule has 0 aliphatic heterocycles. The van der Waals surface area contributed by atoms with Crippen LogP contribution in [-0.2, 0) is 13.0 Å². The van der Waals surface area contributed by atoms with Crippen LogP contribution in [0.15, 0.2) is 0 Å². The van der Waals surface area contributed by atoms with Gasteiger partial charge in [-0.1, -0.05) is 0 Å². The van der Waals surface area contributed by atoms with Crippen molar-refractivity contribution in [1.29, 1.82) is 0 Å². The summed E-state index contributed by atoms with van der Waals surface area (Å²) in [5, 5.41) is -23.6. The molecule has 0 heterocycles. The summed E-state index contributed by atoms with van der Waals surface area (Å²) in [6.07, 6.45) is 0. The molecule has 6 aromatic rings. The van der Waals surface area contributed by atoms with E-state index in [9.17, 15) is 30.9 Å². The van der Waals surface area contributed by atoms with Crippen LogP contribution in [0, 0.1) is 175 Å². The van der Waals surface area contributed by atoms with Gasteiger partial charge in [-0.2, -0.15) is 0 Å². The third kappa shape index (κ3) is 7.45. The summed E-state index contributed by atoms with van der Waals surface area (Å²) < 4.78 is 483. The average molecular weight is 1140 g/mol. The van der Waals surface area contributed by atoms with Crippen molar-refractivity contribution in [2.24, 2.45) is 0 Å². The van der Waals surface area contributed by atoms with Gasteiger partial charge in [0.05, 0.1) is 31.1 Å². The zero-order valence-electron chi connectivity index (χ0n) is 32.1. The molecule has 386 valence electrons. The lowest BCUT2D eigenvalue weighted by Crippen LogP contribution is -2.76. The molecule has 0 radical (unpaired) electrons. The summed E-state index contributed by atoms with van der Waals surface area (Å²) in [6, 6.07) is 0. The van der Waals surface area contributed by atoms with E-state index in [0.717, 1.165) is 0 Å². The van der Waals surface area contributed by atoms with Crippen molar-refractivity contribution in [1.82, 2.24) is 0 Å². The Labute approximate surface area is 375 Å². The van der Waals surface area contributed by atoms with Crippen LogP contribution in [0.25, 0.3) is 0 Å². The van der Waals surface area contributed by atoms with Gasteiger partial charge >= 0.3 is 24.9 Å². The van der Waals surface area contributed by atoms with Crippen LogP contribution >= 0.6 is 8.25 Å². The molecule has 3 nitrogen and oxygen atoms in total. The normalized spacial score (nSPS) is 12.3. The van der Waals surface area contributed by atoms with E-state index in [1.165, 1.54) is 0 Å². The molecular weight excluding hydrogens is 1140 g/mol. The first-order valence-corrected chi connectivity index (χ1v) is 22.2. The molecule has 0 unspecified atom stereocenters. The predicted octanol–water partition coefficient (Wildman–Crippen LogP) is 8.92. The molecule has 0 aliphatic carbocycles. The standard InChI is InChI=1S/C36HF30O3PSi2/c37-1-7(43)19(55)31(20(56)8(1)44)71(32-21(57)9(45)2(38)10(46)22(32)58,33-23(59)11(47)3(39)12(48)24(33)60)68-70(67)69-72(34-25(61)13(49)4(40)14(50)26(34)62,35-27(63)15(51)5(41)16(52)28(35)64)36-29(65)17(53)6(42)18(54)30(36)66/h70H. The summed E-state index contributed by atoms with van der Waals surface area (Å²) in [4.78, 5) is 0. The third-order valence-electron chi connectivity index (χ3n) is 9.84. The number of hydrogen-bond acceptors (Lipinski definition) is 3. The van der Waals surface area contributed by atoms with E-state index < -0.39 is 231 Å². The Kier molecular flexibility index (Phi) is 14.3. The zero-order chi connectivity index (χ0) is 54.8. The second-order valence-corrected chi connectivity index (χ2v) is 21.3. The smallest absolute Gasteiger partial charge is 0.316 e. The largest absolute Gasteiger partial charge is 0.338 e. The molecule has 0 N–H and O–H groups in total. The fraction of sp³-hybridized carbons (Fsp3) is 0. The minimum Gasteiger partial charge on any atom is -0.338 e.